The zero-order chi connectivity index (χ0) is 16.1. The van der Waals surface area contributed by atoms with E-state index in [0.29, 0.717) is 18.9 Å². The highest BCUT2D eigenvalue weighted by Gasteiger charge is 2.25. The molecule has 1 heterocycles. The second-order valence-electron chi connectivity index (χ2n) is 6.24. The Hall–Kier alpha value is -1.68. The van der Waals surface area contributed by atoms with Gasteiger partial charge in [-0.2, -0.15) is 0 Å². The number of carbonyl (C=O) groups excluding carboxylic acids is 1. The summed E-state index contributed by atoms with van der Waals surface area (Å²) in [5.74, 6) is -0.565. The summed E-state index contributed by atoms with van der Waals surface area (Å²) in [6, 6.07) is 6.18. The standard InChI is InChI=1S/C18H25NO3/c1-13-5-6-15(12-14(13)2)17(20)9-11-19-10-3-4-16(19)7-8-18(21)22/h5-6,12,16H,3-4,7-11H2,1-2H3,(H,21,22). The Kier molecular flexibility index (Phi) is 5.72. The third kappa shape index (κ3) is 4.41. The van der Waals surface area contributed by atoms with Gasteiger partial charge in [-0.15, -0.1) is 0 Å². The lowest BCUT2D eigenvalue weighted by Crippen LogP contribution is -2.32. The molecule has 4 heteroatoms. The van der Waals surface area contributed by atoms with Crippen molar-refractivity contribution in [1.29, 1.82) is 0 Å². The summed E-state index contributed by atoms with van der Waals surface area (Å²) in [6.45, 7) is 5.77. The average molecular weight is 303 g/mol. The van der Waals surface area contributed by atoms with E-state index in [2.05, 4.69) is 4.90 Å². The predicted octanol–water partition coefficient (Wildman–Crippen LogP) is 3.21. The molecule has 1 saturated heterocycles. The lowest BCUT2D eigenvalue weighted by molar-refractivity contribution is -0.137. The van der Waals surface area contributed by atoms with Crippen molar-refractivity contribution in [3.8, 4) is 0 Å². The maximum Gasteiger partial charge on any atom is 0.303 e. The minimum absolute atomic E-state index is 0.173. The minimum Gasteiger partial charge on any atom is -0.481 e. The SMILES string of the molecule is Cc1ccc(C(=O)CCN2CCCC2CCC(=O)O)cc1C. The van der Waals surface area contributed by atoms with Gasteiger partial charge in [-0.3, -0.25) is 14.5 Å². The van der Waals surface area contributed by atoms with Crippen molar-refractivity contribution in [2.45, 2.75) is 52.0 Å². The topological polar surface area (TPSA) is 57.6 Å². The Morgan fingerprint density at radius 3 is 2.68 bits per heavy atom. The van der Waals surface area contributed by atoms with Crippen LogP contribution in [0, 0.1) is 13.8 Å². The van der Waals surface area contributed by atoms with Crippen LogP contribution in [0.3, 0.4) is 0 Å². The van der Waals surface area contributed by atoms with Crippen LogP contribution in [0.1, 0.15) is 53.6 Å². The maximum atomic E-state index is 12.3. The van der Waals surface area contributed by atoms with Crippen molar-refractivity contribution >= 4 is 11.8 Å². The van der Waals surface area contributed by atoms with E-state index in [4.69, 9.17) is 5.11 Å². The van der Waals surface area contributed by atoms with Crippen molar-refractivity contribution in [2.75, 3.05) is 13.1 Å². The zero-order valence-electron chi connectivity index (χ0n) is 13.5. The minimum atomic E-state index is -0.738. The first-order valence-electron chi connectivity index (χ1n) is 8.03. The smallest absolute Gasteiger partial charge is 0.303 e. The number of aryl methyl sites for hydroxylation is 2. The normalized spacial score (nSPS) is 18.5. The molecule has 1 aliphatic rings. The molecular weight excluding hydrogens is 278 g/mol. The van der Waals surface area contributed by atoms with E-state index in [0.717, 1.165) is 37.1 Å². The average Bonchev–Trinajstić information content (AvgIpc) is 2.93. The maximum absolute atomic E-state index is 12.3. The summed E-state index contributed by atoms with van der Waals surface area (Å²) < 4.78 is 0. The summed E-state index contributed by atoms with van der Waals surface area (Å²) >= 11 is 0. The van der Waals surface area contributed by atoms with E-state index < -0.39 is 5.97 Å². The van der Waals surface area contributed by atoms with Gasteiger partial charge in [0.2, 0.25) is 0 Å². The monoisotopic (exact) mass is 303 g/mol. The van der Waals surface area contributed by atoms with Gasteiger partial charge in [0.05, 0.1) is 0 Å². The molecule has 0 radical (unpaired) electrons. The Labute approximate surface area is 132 Å². The molecule has 0 spiro atoms. The summed E-state index contributed by atoms with van der Waals surface area (Å²) in [7, 11) is 0. The summed E-state index contributed by atoms with van der Waals surface area (Å²) in [5, 5.41) is 8.80. The van der Waals surface area contributed by atoms with Crippen LogP contribution in [0.15, 0.2) is 18.2 Å². The first-order valence-corrected chi connectivity index (χ1v) is 8.03. The van der Waals surface area contributed by atoms with Crippen LogP contribution in [0.4, 0.5) is 0 Å². The van der Waals surface area contributed by atoms with Crippen LogP contribution in [0.25, 0.3) is 0 Å². The highest BCUT2D eigenvalue weighted by atomic mass is 16.4. The molecule has 1 N–H and O–H groups in total. The molecular formula is C18H25NO3. The van der Waals surface area contributed by atoms with E-state index in [-0.39, 0.29) is 12.2 Å². The molecule has 1 aromatic rings. The van der Waals surface area contributed by atoms with E-state index in [1.54, 1.807) is 0 Å². The Morgan fingerprint density at radius 2 is 2.00 bits per heavy atom. The van der Waals surface area contributed by atoms with Crippen LogP contribution >= 0.6 is 0 Å². The van der Waals surface area contributed by atoms with Gasteiger partial charge in [0.1, 0.15) is 0 Å². The second-order valence-corrected chi connectivity index (χ2v) is 6.24. The highest BCUT2D eigenvalue weighted by Crippen LogP contribution is 2.22. The number of nitrogens with zero attached hydrogens (tertiary/aromatic N) is 1. The Bertz CT molecular complexity index is 553. The third-order valence-corrected chi connectivity index (χ3v) is 4.65. The Balaban J connectivity index is 1.87. The molecule has 1 aromatic carbocycles. The van der Waals surface area contributed by atoms with Crippen LogP contribution < -0.4 is 0 Å². The summed E-state index contributed by atoms with van der Waals surface area (Å²) in [5.41, 5.74) is 3.13. The van der Waals surface area contributed by atoms with Gasteiger partial charge in [0.25, 0.3) is 0 Å². The molecule has 2 rings (SSSR count). The van der Waals surface area contributed by atoms with Crippen molar-refractivity contribution in [3.05, 3.63) is 34.9 Å². The van der Waals surface area contributed by atoms with Gasteiger partial charge < -0.3 is 5.11 Å². The van der Waals surface area contributed by atoms with Crippen LogP contribution in [-0.2, 0) is 4.79 Å². The molecule has 0 bridgehead atoms. The largest absolute Gasteiger partial charge is 0.481 e. The van der Waals surface area contributed by atoms with Gasteiger partial charge in [0, 0.05) is 31.0 Å². The van der Waals surface area contributed by atoms with Crippen molar-refractivity contribution in [1.82, 2.24) is 4.90 Å². The van der Waals surface area contributed by atoms with Crippen molar-refractivity contribution in [2.24, 2.45) is 0 Å². The molecule has 0 aromatic heterocycles. The van der Waals surface area contributed by atoms with Crippen LogP contribution in [0.2, 0.25) is 0 Å². The van der Waals surface area contributed by atoms with E-state index in [1.165, 1.54) is 5.56 Å². The number of Topliss-reactive ketones (excluding diaryl/α,β-unsaturated/α-hetero) is 1. The fourth-order valence-electron chi connectivity index (χ4n) is 3.11. The number of carboxylic acids is 1. The van der Waals surface area contributed by atoms with Gasteiger partial charge in [-0.1, -0.05) is 12.1 Å². The molecule has 1 fully saturated rings. The Morgan fingerprint density at radius 1 is 1.23 bits per heavy atom. The predicted molar refractivity (Wildman–Crippen MR) is 86.3 cm³/mol. The highest BCUT2D eigenvalue weighted by molar-refractivity contribution is 5.96. The quantitative estimate of drug-likeness (QED) is 0.786. The molecule has 0 amide bonds. The molecule has 0 aliphatic carbocycles. The number of carboxylic acid groups (broad SMARTS) is 1. The summed E-state index contributed by atoms with van der Waals surface area (Å²) in [6.07, 6.45) is 3.55. The number of ketones is 1. The first-order chi connectivity index (χ1) is 10.5. The van der Waals surface area contributed by atoms with Gasteiger partial charge in [0.15, 0.2) is 5.78 Å². The van der Waals surface area contributed by atoms with E-state index >= 15 is 0 Å². The molecule has 4 nitrogen and oxygen atoms in total. The molecule has 0 saturated carbocycles. The van der Waals surface area contributed by atoms with E-state index in [9.17, 15) is 9.59 Å². The number of likely N-dealkylation sites (tertiary alicyclic amines) is 1. The molecule has 1 atom stereocenters. The van der Waals surface area contributed by atoms with Crippen molar-refractivity contribution in [3.63, 3.8) is 0 Å². The van der Waals surface area contributed by atoms with Crippen LogP contribution in [-0.4, -0.2) is 40.9 Å². The zero-order valence-corrected chi connectivity index (χ0v) is 13.5. The second kappa shape index (κ2) is 7.54. The number of rotatable bonds is 7. The molecule has 22 heavy (non-hydrogen) atoms. The van der Waals surface area contributed by atoms with Gasteiger partial charge in [-0.05, 0) is 56.8 Å². The number of aliphatic carboxylic acids is 1. The number of hydrogen-bond acceptors (Lipinski definition) is 3. The lowest BCUT2D eigenvalue weighted by Gasteiger charge is -2.23. The van der Waals surface area contributed by atoms with Gasteiger partial charge in [-0.25, -0.2) is 0 Å². The number of carbonyl (C=O) groups is 2. The van der Waals surface area contributed by atoms with Gasteiger partial charge >= 0.3 is 5.97 Å². The molecule has 1 unspecified atom stereocenters. The molecule has 120 valence electrons. The fraction of sp³-hybridized carbons (Fsp3) is 0.556. The summed E-state index contributed by atoms with van der Waals surface area (Å²) in [4.78, 5) is 25.3. The van der Waals surface area contributed by atoms with Crippen molar-refractivity contribution < 1.29 is 14.7 Å². The first kappa shape index (κ1) is 16.7. The third-order valence-electron chi connectivity index (χ3n) is 4.65. The molecule has 1 aliphatic heterocycles. The fourth-order valence-corrected chi connectivity index (χ4v) is 3.11. The van der Waals surface area contributed by atoms with Crippen LogP contribution in [0.5, 0.6) is 0 Å². The number of benzene rings is 1. The number of hydrogen-bond donors (Lipinski definition) is 1. The van der Waals surface area contributed by atoms with E-state index in [1.807, 2.05) is 32.0 Å². The lowest BCUT2D eigenvalue weighted by atomic mass is 10.0.